The van der Waals surface area contributed by atoms with Crippen molar-refractivity contribution in [1.82, 2.24) is 4.98 Å². The van der Waals surface area contributed by atoms with E-state index in [4.69, 9.17) is 0 Å². The van der Waals surface area contributed by atoms with Crippen LogP contribution in [0.5, 0.6) is 0 Å². The summed E-state index contributed by atoms with van der Waals surface area (Å²) in [6.45, 7) is 2.95. The summed E-state index contributed by atoms with van der Waals surface area (Å²) in [6, 6.07) is 1.47. The van der Waals surface area contributed by atoms with E-state index in [1.54, 1.807) is 0 Å². The third-order valence-electron chi connectivity index (χ3n) is 3.36. The molecule has 2 heterocycles. The van der Waals surface area contributed by atoms with Crippen molar-refractivity contribution >= 4 is 27.4 Å². The molecule has 1 fully saturated rings. The lowest BCUT2D eigenvalue weighted by molar-refractivity contribution is -0.385. The maximum absolute atomic E-state index is 10.6. The molecule has 1 aromatic rings. The van der Waals surface area contributed by atoms with E-state index >= 15 is 0 Å². The first-order valence-electron chi connectivity index (χ1n) is 5.72. The smallest absolute Gasteiger partial charge is 0.288 e. The molecule has 2 atom stereocenters. The normalized spacial score (nSPS) is 23.4. The first-order valence-corrected chi connectivity index (χ1v) is 6.51. The van der Waals surface area contributed by atoms with Crippen LogP contribution in [0.15, 0.2) is 16.7 Å². The van der Waals surface area contributed by atoms with Crippen LogP contribution in [0, 0.1) is 16.0 Å². The molecule has 0 spiro atoms. The fraction of sp³-hybridized carbons (Fsp3) is 0.545. The highest BCUT2D eigenvalue weighted by Crippen LogP contribution is 2.34. The molecule has 0 aromatic carbocycles. The highest BCUT2D eigenvalue weighted by atomic mass is 79.9. The minimum Gasteiger partial charge on any atom is -0.394 e. The predicted molar refractivity (Wildman–Crippen MR) is 70.6 cm³/mol. The van der Waals surface area contributed by atoms with Crippen LogP contribution in [0.1, 0.15) is 13.3 Å². The van der Waals surface area contributed by atoms with E-state index in [-0.39, 0.29) is 18.3 Å². The molecule has 98 valence electrons. The fourth-order valence-electron chi connectivity index (χ4n) is 2.28. The highest BCUT2D eigenvalue weighted by molar-refractivity contribution is 9.10. The Balaban J connectivity index is 2.31. The molecular formula is C11H14BrN3O3. The van der Waals surface area contributed by atoms with Crippen molar-refractivity contribution in [2.45, 2.75) is 19.4 Å². The van der Waals surface area contributed by atoms with Gasteiger partial charge < -0.3 is 10.0 Å². The van der Waals surface area contributed by atoms with E-state index in [0.717, 1.165) is 13.0 Å². The van der Waals surface area contributed by atoms with E-state index < -0.39 is 4.92 Å². The Hall–Kier alpha value is -1.21. The monoisotopic (exact) mass is 315 g/mol. The molecule has 2 rings (SSSR count). The summed E-state index contributed by atoms with van der Waals surface area (Å²) < 4.78 is 0.587. The number of aliphatic hydroxyl groups excluding tert-OH is 1. The third-order valence-corrected chi connectivity index (χ3v) is 3.94. The van der Waals surface area contributed by atoms with Gasteiger partial charge in [0.25, 0.3) is 5.69 Å². The van der Waals surface area contributed by atoms with Crippen molar-refractivity contribution in [2.75, 3.05) is 18.1 Å². The van der Waals surface area contributed by atoms with E-state index in [1.807, 2.05) is 4.90 Å². The zero-order chi connectivity index (χ0) is 13.3. The number of pyridine rings is 1. The SMILES string of the molecule is CC1CCN(c2ncc([N+](=O)[O-])cc2Br)C1CO. The van der Waals surface area contributed by atoms with Crippen LogP contribution in [0.25, 0.3) is 0 Å². The van der Waals surface area contributed by atoms with Crippen LogP contribution >= 0.6 is 15.9 Å². The molecule has 18 heavy (non-hydrogen) atoms. The second-order valence-corrected chi connectivity index (χ2v) is 5.32. The summed E-state index contributed by atoms with van der Waals surface area (Å²) in [5.74, 6) is 1.04. The molecule has 0 amide bonds. The Bertz CT molecular complexity index is 469. The standard InChI is InChI=1S/C11H14BrN3O3/c1-7-2-3-14(10(7)6-16)11-9(12)4-8(5-13-11)15(17)18/h4-5,7,10,16H,2-3,6H2,1H3. The summed E-state index contributed by atoms with van der Waals surface area (Å²) >= 11 is 3.31. The quantitative estimate of drug-likeness (QED) is 0.681. The summed E-state index contributed by atoms with van der Waals surface area (Å²) in [7, 11) is 0. The van der Waals surface area contributed by atoms with Gasteiger partial charge in [-0.05, 0) is 28.3 Å². The Morgan fingerprint density at radius 2 is 2.44 bits per heavy atom. The molecule has 1 N–H and O–H groups in total. The van der Waals surface area contributed by atoms with Gasteiger partial charge in [0, 0.05) is 12.6 Å². The average molecular weight is 316 g/mol. The van der Waals surface area contributed by atoms with Crippen LogP contribution in [-0.2, 0) is 0 Å². The fourth-order valence-corrected chi connectivity index (χ4v) is 2.85. The maximum Gasteiger partial charge on any atom is 0.288 e. The van der Waals surface area contributed by atoms with Crippen molar-refractivity contribution in [1.29, 1.82) is 0 Å². The molecule has 1 aromatic heterocycles. The summed E-state index contributed by atoms with van der Waals surface area (Å²) in [4.78, 5) is 16.3. The minimum absolute atomic E-state index is 0.0234. The van der Waals surface area contributed by atoms with Gasteiger partial charge in [0.15, 0.2) is 0 Å². The minimum atomic E-state index is -0.475. The van der Waals surface area contributed by atoms with Gasteiger partial charge in [-0.15, -0.1) is 0 Å². The number of nitrogens with zero attached hydrogens (tertiary/aromatic N) is 3. The molecule has 2 unspecified atom stereocenters. The number of aliphatic hydroxyl groups is 1. The molecular weight excluding hydrogens is 302 g/mol. The van der Waals surface area contributed by atoms with E-state index in [1.165, 1.54) is 12.3 Å². The summed E-state index contributed by atoms with van der Waals surface area (Å²) in [6.07, 6.45) is 2.23. The lowest BCUT2D eigenvalue weighted by atomic mass is 10.0. The van der Waals surface area contributed by atoms with Crippen LogP contribution in [0.4, 0.5) is 11.5 Å². The van der Waals surface area contributed by atoms with Crippen LogP contribution in [-0.4, -0.2) is 34.2 Å². The summed E-state index contributed by atoms with van der Waals surface area (Å²) in [5, 5.41) is 20.1. The zero-order valence-corrected chi connectivity index (χ0v) is 11.5. The molecule has 0 saturated carbocycles. The Morgan fingerprint density at radius 1 is 1.72 bits per heavy atom. The van der Waals surface area contributed by atoms with Crippen molar-refractivity contribution in [3.8, 4) is 0 Å². The van der Waals surface area contributed by atoms with Crippen molar-refractivity contribution in [2.24, 2.45) is 5.92 Å². The molecule has 0 radical (unpaired) electrons. The van der Waals surface area contributed by atoms with Gasteiger partial charge >= 0.3 is 0 Å². The largest absolute Gasteiger partial charge is 0.394 e. The molecule has 0 bridgehead atoms. The van der Waals surface area contributed by atoms with Crippen LogP contribution in [0.3, 0.4) is 0 Å². The average Bonchev–Trinajstić information content (AvgIpc) is 2.70. The lowest BCUT2D eigenvalue weighted by Crippen LogP contribution is -2.35. The predicted octanol–water partition coefficient (Wildman–Crippen LogP) is 1.96. The Kier molecular flexibility index (Phi) is 3.82. The molecule has 6 nitrogen and oxygen atoms in total. The van der Waals surface area contributed by atoms with Crippen molar-refractivity contribution in [3.05, 3.63) is 26.9 Å². The Labute approximate surface area is 113 Å². The third kappa shape index (κ3) is 2.32. The molecule has 1 aliphatic heterocycles. The van der Waals surface area contributed by atoms with Gasteiger partial charge in [-0.3, -0.25) is 10.1 Å². The van der Waals surface area contributed by atoms with Gasteiger partial charge in [0.2, 0.25) is 0 Å². The summed E-state index contributed by atoms with van der Waals surface area (Å²) in [5.41, 5.74) is -0.0431. The van der Waals surface area contributed by atoms with Crippen LogP contribution < -0.4 is 4.90 Å². The first-order chi connectivity index (χ1) is 8.54. The number of nitro groups is 1. The number of halogens is 1. The van der Waals surface area contributed by atoms with Crippen molar-refractivity contribution in [3.63, 3.8) is 0 Å². The van der Waals surface area contributed by atoms with Gasteiger partial charge in [-0.1, -0.05) is 6.92 Å². The second kappa shape index (κ2) is 5.19. The second-order valence-electron chi connectivity index (χ2n) is 4.47. The van der Waals surface area contributed by atoms with Gasteiger partial charge in [0.05, 0.1) is 22.0 Å². The number of hydrogen-bond donors (Lipinski definition) is 1. The number of aromatic nitrogens is 1. The van der Waals surface area contributed by atoms with Gasteiger partial charge in [-0.25, -0.2) is 4.98 Å². The van der Waals surface area contributed by atoms with E-state index in [2.05, 4.69) is 27.8 Å². The van der Waals surface area contributed by atoms with Gasteiger partial charge in [-0.2, -0.15) is 0 Å². The van der Waals surface area contributed by atoms with E-state index in [0.29, 0.717) is 16.2 Å². The van der Waals surface area contributed by atoms with Gasteiger partial charge in [0.1, 0.15) is 12.0 Å². The number of anilines is 1. The van der Waals surface area contributed by atoms with Crippen LogP contribution in [0.2, 0.25) is 0 Å². The molecule has 1 saturated heterocycles. The van der Waals surface area contributed by atoms with Crippen molar-refractivity contribution < 1.29 is 10.0 Å². The first kappa shape index (κ1) is 13.2. The number of hydrogen-bond acceptors (Lipinski definition) is 5. The molecule has 7 heteroatoms. The number of rotatable bonds is 3. The highest BCUT2D eigenvalue weighted by Gasteiger charge is 2.32. The maximum atomic E-state index is 10.6. The van der Waals surface area contributed by atoms with E-state index in [9.17, 15) is 15.2 Å². The lowest BCUT2D eigenvalue weighted by Gasteiger charge is -2.26. The molecule has 0 aliphatic carbocycles. The topological polar surface area (TPSA) is 79.5 Å². The Morgan fingerprint density at radius 3 is 3.00 bits per heavy atom. The zero-order valence-electron chi connectivity index (χ0n) is 9.91. The molecule has 1 aliphatic rings.